The Kier molecular flexibility index (Phi) is 4.54. The number of halogens is 1. The molecule has 1 aromatic rings. The van der Waals surface area contributed by atoms with Gasteiger partial charge in [0.2, 0.25) is 0 Å². The fourth-order valence-corrected chi connectivity index (χ4v) is 2.50. The van der Waals surface area contributed by atoms with Gasteiger partial charge in [-0.2, -0.15) is 0 Å². The van der Waals surface area contributed by atoms with Crippen molar-refractivity contribution in [1.82, 2.24) is 9.88 Å². The Bertz CT molecular complexity index is 641. The Labute approximate surface area is 129 Å². The van der Waals surface area contributed by atoms with Crippen LogP contribution in [0.2, 0.25) is 5.02 Å². The number of allylic oxidation sites excluding steroid dienone is 1. The Hall–Kier alpha value is -1.99. The molecule has 0 unspecified atom stereocenters. The van der Waals surface area contributed by atoms with Crippen LogP contribution in [0.3, 0.4) is 0 Å². The first kappa shape index (κ1) is 15.4. The van der Waals surface area contributed by atoms with Crippen LogP contribution in [0.25, 0.3) is 0 Å². The topological polar surface area (TPSA) is 42.4 Å². The van der Waals surface area contributed by atoms with Crippen molar-refractivity contribution in [2.24, 2.45) is 0 Å². The van der Waals surface area contributed by atoms with Gasteiger partial charge in [-0.15, -0.1) is 0 Å². The minimum absolute atomic E-state index is 0.312. The summed E-state index contributed by atoms with van der Waals surface area (Å²) in [6, 6.07) is 3.42. The van der Waals surface area contributed by atoms with Crippen LogP contribution < -0.4 is 0 Å². The van der Waals surface area contributed by atoms with Crippen molar-refractivity contribution in [2.75, 3.05) is 13.7 Å². The average molecular weight is 305 g/mol. The molecule has 1 amide bonds. The van der Waals surface area contributed by atoms with Crippen molar-refractivity contribution in [3.63, 3.8) is 0 Å². The van der Waals surface area contributed by atoms with Crippen LogP contribution in [0.15, 0.2) is 30.0 Å². The zero-order valence-corrected chi connectivity index (χ0v) is 13.1. The van der Waals surface area contributed by atoms with E-state index < -0.39 is 0 Å². The van der Waals surface area contributed by atoms with E-state index in [1.807, 2.05) is 19.9 Å². The molecule has 0 atom stereocenters. The molecule has 0 bridgehead atoms. The third kappa shape index (κ3) is 3.37. The summed E-state index contributed by atoms with van der Waals surface area (Å²) in [4.78, 5) is 17.6. The molecule has 0 spiro atoms. The summed E-state index contributed by atoms with van der Waals surface area (Å²) in [5.74, 6) is 5.94. The lowest BCUT2D eigenvalue weighted by Gasteiger charge is -2.31. The predicted molar refractivity (Wildman–Crippen MR) is 82.0 cm³/mol. The van der Waals surface area contributed by atoms with Gasteiger partial charge in [-0.1, -0.05) is 17.5 Å². The number of rotatable bonds is 0. The lowest BCUT2D eigenvalue weighted by atomic mass is 9.95. The zero-order valence-electron chi connectivity index (χ0n) is 12.3. The Balaban J connectivity index is 2.18. The average Bonchev–Trinajstić information content (AvgIpc) is 2.73. The Morgan fingerprint density at radius 3 is 3.00 bits per heavy atom. The molecule has 0 N–H and O–H groups in total. The van der Waals surface area contributed by atoms with Gasteiger partial charge in [-0.3, -0.25) is 4.90 Å². The molecule has 0 aliphatic carbocycles. The fourth-order valence-electron chi connectivity index (χ4n) is 2.34. The molecule has 0 radical (unpaired) electrons. The van der Waals surface area contributed by atoms with E-state index in [2.05, 4.69) is 16.8 Å². The zero-order chi connectivity index (χ0) is 15.5. The second-order valence-corrected chi connectivity index (χ2v) is 5.67. The molecule has 2 heterocycles. The minimum atomic E-state index is -0.385. The van der Waals surface area contributed by atoms with Crippen LogP contribution in [0.5, 0.6) is 0 Å². The van der Waals surface area contributed by atoms with Gasteiger partial charge in [0.05, 0.1) is 12.6 Å². The molecule has 1 aliphatic heterocycles. The normalized spacial score (nSPS) is 18.3. The molecule has 1 aliphatic rings. The van der Waals surface area contributed by atoms with Gasteiger partial charge in [-0.05, 0) is 50.0 Å². The molecule has 1 fully saturated rings. The highest BCUT2D eigenvalue weighted by molar-refractivity contribution is 6.30. The van der Waals surface area contributed by atoms with Gasteiger partial charge in [0, 0.05) is 17.8 Å². The van der Waals surface area contributed by atoms with E-state index in [0.29, 0.717) is 17.3 Å². The van der Waals surface area contributed by atoms with E-state index in [-0.39, 0.29) is 11.6 Å². The van der Waals surface area contributed by atoms with Gasteiger partial charge >= 0.3 is 6.09 Å². The molecule has 21 heavy (non-hydrogen) atoms. The molecule has 2 rings (SSSR count). The third-order valence-corrected chi connectivity index (χ3v) is 3.86. The molecule has 5 heteroatoms. The minimum Gasteiger partial charge on any atom is -0.453 e. The van der Waals surface area contributed by atoms with Crippen LogP contribution in [0.4, 0.5) is 4.79 Å². The Morgan fingerprint density at radius 2 is 2.33 bits per heavy atom. The van der Waals surface area contributed by atoms with E-state index in [9.17, 15) is 4.79 Å². The first-order chi connectivity index (χ1) is 9.95. The number of pyridine rings is 1. The number of hydrogen-bond acceptors (Lipinski definition) is 3. The second kappa shape index (κ2) is 6.19. The van der Waals surface area contributed by atoms with Crippen molar-refractivity contribution in [3.8, 4) is 11.8 Å². The van der Waals surface area contributed by atoms with E-state index in [4.69, 9.17) is 16.3 Å². The summed E-state index contributed by atoms with van der Waals surface area (Å²) in [7, 11) is 1.39. The molecule has 1 saturated heterocycles. The van der Waals surface area contributed by atoms with E-state index in [0.717, 1.165) is 12.0 Å². The maximum atomic E-state index is 11.7. The largest absolute Gasteiger partial charge is 0.453 e. The highest BCUT2D eigenvalue weighted by Gasteiger charge is 2.40. The molecule has 1 aromatic heterocycles. The highest BCUT2D eigenvalue weighted by Crippen LogP contribution is 2.34. The van der Waals surface area contributed by atoms with Crippen LogP contribution in [0, 0.1) is 11.8 Å². The number of methoxy groups -OCH3 is 1. The second-order valence-electron chi connectivity index (χ2n) is 5.23. The SMILES string of the molecule is COC(=O)N1CC/C(=C\C#Cc2cc(Cl)ccn2)C1(C)C. The summed E-state index contributed by atoms with van der Waals surface area (Å²) in [6.07, 6.45) is 3.95. The highest BCUT2D eigenvalue weighted by atomic mass is 35.5. The lowest BCUT2D eigenvalue weighted by molar-refractivity contribution is 0.105. The summed E-state index contributed by atoms with van der Waals surface area (Å²) >= 11 is 5.88. The standard InChI is InChI=1S/C16H17ClN2O2/c1-16(2)12(8-10-19(16)15(20)21-3)5-4-6-14-11-13(17)7-9-18-14/h5,7,9,11H,8,10H2,1-3H3/b12-5+. The number of hydrogen-bond donors (Lipinski definition) is 0. The monoisotopic (exact) mass is 304 g/mol. The summed E-state index contributed by atoms with van der Waals surface area (Å²) in [6.45, 7) is 4.62. The predicted octanol–water partition coefficient (Wildman–Crippen LogP) is 3.26. The van der Waals surface area contributed by atoms with Gasteiger partial charge in [0.15, 0.2) is 0 Å². The van der Waals surface area contributed by atoms with E-state index in [1.165, 1.54) is 7.11 Å². The summed E-state index contributed by atoms with van der Waals surface area (Å²) in [5, 5.41) is 0.611. The van der Waals surface area contributed by atoms with E-state index >= 15 is 0 Å². The van der Waals surface area contributed by atoms with Crippen LogP contribution in [0.1, 0.15) is 26.0 Å². The van der Waals surface area contributed by atoms with Crippen molar-refractivity contribution in [1.29, 1.82) is 0 Å². The van der Waals surface area contributed by atoms with Gasteiger partial charge < -0.3 is 4.74 Å². The maximum absolute atomic E-state index is 11.7. The molecule has 110 valence electrons. The number of aromatic nitrogens is 1. The number of amides is 1. The smallest absolute Gasteiger partial charge is 0.410 e. The number of carbonyl (C=O) groups is 1. The van der Waals surface area contributed by atoms with E-state index in [1.54, 1.807) is 23.2 Å². The molecule has 4 nitrogen and oxygen atoms in total. The Morgan fingerprint density at radius 1 is 1.57 bits per heavy atom. The van der Waals surface area contributed by atoms with Crippen molar-refractivity contribution in [2.45, 2.75) is 25.8 Å². The number of carbonyl (C=O) groups excluding carboxylic acids is 1. The quantitative estimate of drug-likeness (QED) is 0.691. The molecule has 0 saturated carbocycles. The van der Waals surface area contributed by atoms with Crippen molar-refractivity contribution in [3.05, 3.63) is 40.7 Å². The summed E-state index contributed by atoms with van der Waals surface area (Å²) in [5.41, 5.74) is 1.34. The number of nitrogens with zero attached hydrogens (tertiary/aromatic N) is 2. The number of ether oxygens (including phenoxy) is 1. The molecule has 0 aromatic carbocycles. The van der Waals surface area contributed by atoms with Gasteiger partial charge in [-0.25, -0.2) is 9.78 Å². The molecular weight excluding hydrogens is 288 g/mol. The van der Waals surface area contributed by atoms with Crippen LogP contribution in [-0.4, -0.2) is 35.2 Å². The lowest BCUT2D eigenvalue weighted by Crippen LogP contribution is -2.43. The summed E-state index contributed by atoms with van der Waals surface area (Å²) < 4.78 is 4.80. The van der Waals surface area contributed by atoms with Gasteiger partial charge in [0.25, 0.3) is 0 Å². The van der Waals surface area contributed by atoms with Gasteiger partial charge in [0.1, 0.15) is 5.69 Å². The third-order valence-electron chi connectivity index (χ3n) is 3.63. The maximum Gasteiger partial charge on any atom is 0.410 e. The first-order valence-corrected chi connectivity index (χ1v) is 7.01. The fraction of sp³-hybridized carbons (Fsp3) is 0.375. The molecular formula is C16H17ClN2O2. The van der Waals surface area contributed by atoms with Crippen LogP contribution in [-0.2, 0) is 4.74 Å². The van der Waals surface area contributed by atoms with Crippen LogP contribution >= 0.6 is 11.6 Å². The number of likely N-dealkylation sites (tertiary alicyclic amines) is 1. The first-order valence-electron chi connectivity index (χ1n) is 6.63. The van der Waals surface area contributed by atoms with Crippen molar-refractivity contribution >= 4 is 17.7 Å². The van der Waals surface area contributed by atoms with Crippen molar-refractivity contribution < 1.29 is 9.53 Å².